The summed E-state index contributed by atoms with van der Waals surface area (Å²) in [5.74, 6) is -0.218. The molecule has 2 rings (SSSR count). The van der Waals surface area contributed by atoms with Crippen LogP contribution in [0.3, 0.4) is 0 Å². The molecule has 21 heavy (non-hydrogen) atoms. The van der Waals surface area contributed by atoms with Gasteiger partial charge in [-0.2, -0.15) is 5.26 Å². The van der Waals surface area contributed by atoms with Gasteiger partial charge in [-0.05, 0) is 25.7 Å². The summed E-state index contributed by atoms with van der Waals surface area (Å²) in [5.41, 5.74) is -0.911. The number of carbonyl (C=O) groups is 1. The molecule has 118 valence electrons. The summed E-state index contributed by atoms with van der Waals surface area (Å²) >= 11 is 0. The first kappa shape index (κ1) is 16.2. The Morgan fingerprint density at radius 2 is 1.95 bits per heavy atom. The predicted molar refractivity (Wildman–Crippen MR) is 78.7 cm³/mol. The highest BCUT2D eigenvalue weighted by atomic mass is 32.2. The number of hydrogen-bond acceptors (Lipinski definition) is 4. The van der Waals surface area contributed by atoms with Crippen LogP contribution in [0.25, 0.3) is 0 Å². The zero-order chi connectivity index (χ0) is 15.5. The Hall–Kier alpha value is -1.13. The van der Waals surface area contributed by atoms with Crippen LogP contribution in [0.1, 0.15) is 44.9 Å². The van der Waals surface area contributed by atoms with E-state index >= 15 is 0 Å². The summed E-state index contributed by atoms with van der Waals surface area (Å²) in [6.07, 6.45) is 6.78. The van der Waals surface area contributed by atoms with Crippen molar-refractivity contribution in [1.29, 1.82) is 5.26 Å². The van der Waals surface area contributed by atoms with Gasteiger partial charge in [0.25, 0.3) is 0 Å². The third kappa shape index (κ3) is 3.74. The minimum Gasteiger partial charge on any atom is -0.351 e. The molecular weight excluding hydrogens is 290 g/mol. The number of amides is 1. The lowest BCUT2D eigenvalue weighted by atomic mass is 9.74. The largest absolute Gasteiger partial charge is 0.351 e. The number of carbonyl (C=O) groups excluding carboxylic acids is 1. The summed E-state index contributed by atoms with van der Waals surface area (Å²) in [6.45, 7) is 0.820. The Morgan fingerprint density at radius 3 is 2.52 bits per heavy atom. The van der Waals surface area contributed by atoms with Gasteiger partial charge in [0.2, 0.25) is 15.9 Å². The highest BCUT2D eigenvalue weighted by Crippen LogP contribution is 2.36. The van der Waals surface area contributed by atoms with Crippen LogP contribution >= 0.6 is 0 Å². The van der Waals surface area contributed by atoms with E-state index in [-0.39, 0.29) is 11.9 Å². The van der Waals surface area contributed by atoms with Crippen molar-refractivity contribution in [2.45, 2.75) is 51.0 Å². The summed E-state index contributed by atoms with van der Waals surface area (Å²) < 4.78 is 24.6. The third-order valence-electron chi connectivity index (χ3n) is 4.54. The minimum absolute atomic E-state index is 0.187. The molecule has 1 amide bonds. The van der Waals surface area contributed by atoms with Gasteiger partial charge in [0, 0.05) is 19.1 Å². The molecule has 1 saturated heterocycles. The number of rotatable bonds is 3. The average molecular weight is 313 g/mol. The molecule has 1 atom stereocenters. The van der Waals surface area contributed by atoms with E-state index < -0.39 is 15.4 Å². The second-order valence-electron chi connectivity index (χ2n) is 6.19. The van der Waals surface area contributed by atoms with Gasteiger partial charge in [0.05, 0.1) is 12.3 Å². The summed E-state index contributed by atoms with van der Waals surface area (Å²) in [4.78, 5) is 12.5. The lowest BCUT2D eigenvalue weighted by molar-refractivity contribution is -0.130. The fourth-order valence-corrected chi connectivity index (χ4v) is 4.14. The van der Waals surface area contributed by atoms with Crippen molar-refractivity contribution in [2.75, 3.05) is 19.3 Å². The van der Waals surface area contributed by atoms with Crippen LogP contribution in [0.2, 0.25) is 0 Å². The number of nitrogens with one attached hydrogen (secondary N) is 1. The van der Waals surface area contributed by atoms with Gasteiger partial charge in [-0.1, -0.05) is 19.3 Å². The molecule has 1 heterocycles. The maximum absolute atomic E-state index is 12.5. The average Bonchev–Trinajstić information content (AvgIpc) is 2.47. The van der Waals surface area contributed by atoms with Crippen molar-refractivity contribution >= 4 is 15.9 Å². The van der Waals surface area contributed by atoms with Crippen LogP contribution in [0.15, 0.2) is 0 Å². The van der Waals surface area contributed by atoms with Gasteiger partial charge >= 0.3 is 0 Å². The second kappa shape index (κ2) is 6.32. The first-order valence-electron chi connectivity index (χ1n) is 7.55. The lowest BCUT2D eigenvalue weighted by Gasteiger charge is -2.35. The van der Waals surface area contributed by atoms with Crippen LogP contribution in [0.4, 0.5) is 0 Å². The number of sulfonamides is 1. The molecule has 0 aromatic heterocycles. The van der Waals surface area contributed by atoms with Crippen LogP contribution in [0.5, 0.6) is 0 Å². The molecule has 7 heteroatoms. The Bertz CT molecular complexity index is 532. The molecule has 0 spiro atoms. The lowest BCUT2D eigenvalue weighted by Crippen LogP contribution is -2.53. The van der Waals surface area contributed by atoms with Crippen molar-refractivity contribution in [3.05, 3.63) is 0 Å². The molecule has 1 aliphatic carbocycles. The fourth-order valence-electron chi connectivity index (χ4n) is 3.23. The topological polar surface area (TPSA) is 90.3 Å². The van der Waals surface area contributed by atoms with Gasteiger partial charge in [0.1, 0.15) is 5.41 Å². The number of nitrogens with zero attached hydrogens (tertiary/aromatic N) is 2. The fraction of sp³-hybridized carbons (Fsp3) is 0.857. The number of nitriles is 1. The van der Waals surface area contributed by atoms with Gasteiger partial charge in [-0.3, -0.25) is 4.79 Å². The van der Waals surface area contributed by atoms with E-state index in [1.54, 1.807) is 0 Å². The molecule has 1 aliphatic heterocycles. The molecule has 2 fully saturated rings. The molecule has 1 saturated carbocycles. The summed E-state index contributed by atoms with van der Waals surface area (Å²) in [6, 6.07) is 2.02. The monoisotopic (exact) mass is 313 g/mol. The Balaban J connectivity index is 2.00. The zero-order valence-electron chi connectivity index (χ0n) is 12.5. The Kier molecular flexibility index (Phi) is 4.89. The van der Waals surface area contributed by atoms with E-state index in [1.807, 2.05) is 0 Å². The van der Waals surface area contributed by atoms with Gasteiger partial charge in [-0.25, -0.2) is 12.7 Å². The predicted octanol–water partition coefficient (Wildman–Crippen LogP) is 1.00. The van der Waals surface area contributed by atoms with Gasteiger partial charge < -0.3 is 5.32 Å². The van der Waals surface area contributed by atoms with E-state index in [0.29, 0.717) is 25.9 Å². The standard InChI is InChI=1S/C14H23N3O3S/c1-21(19,20)17-9-5-6-12(10-17)16-13(18)14(11-15)7-3-2-4-8-14/h12H,2-10H2,1H3,(H,16,18). The highest BCUT2D eigenvalue weighted by Gasteiger charge is 2.41. The van der Waals surface area contributed by atoms with Crippen molar-refractivity contribution < 1.29 is 13.2 Å². The first-order valence-corrected chi connectivity index (χ1v) is 9.39. The van der Waals surface area contributed by atoms with Crippen molar-refractivity contribution in [2.24, 2.45) is 5.41 Å². The maximum atomic E-state index is 12.5. The van der Waals surface area contributed by atoms with Crippen molar-refractivity contribution in [3.8, 4) is 6.07 Å². The van der Waals surface area contributed by atoms with Crippen LogP contribution in [-0.2, 0) is 14.8 Å². The molecule has 0 bridgehead atoms. The van der Waals surface area contributed by atoms with Gasteiger partial charge in [-0.15, -0.1) is 0 Å². The van der Waals surface area contributed by atoms with E-state index in [9.17, 15) is 18.5 Å². The quantitative estimate of drug-likeness (QED) is 0.841. The van der Waals surface area contributed by atoms with Crippen molar-refractivity contribution in [3.63, 3.8) is 0 Å². The molecule has 1 unspecified atom stereocenters. The number of piperidine rings is 1. The van der Waals surface area contributed by atoms with E-state index in [1.165, 1.54) is 10.6 Å². The maximum Gasteiger partial charge on any atom is 0.240 e. The van der Waals surface area contributed by atoms with Gasteiger partial charge in [0.15, 0.2) is 0 Å². The highest BCUT2D eigenvalue weighted by molar-refractivity contribution is 7.88. The number of hydrogen-bond donors (Lipinski definition) is 1. The molecule has 0 aromatic rings. The molecule has 6 nitrogen and oxygen atoms in total. The van der Waals surface area contributed by atoms with Crippen LogP contribution in [0, 0.1) is 16.7 Å². The summed E-state index contributed by atoms with van der Waals surface area (Å²) in [5, 5.41) is 12.3. The smallest absolute Gasteiger partial charge is 0.240 e. The SMILES string of the molecule is CS(=O)(=O)N1CCCC(NC(=O)C2(C#N)CCCCC2)C1. The Labute approximate surface area is 126 Å². The molecule has 2 aliphatic rings. The van der Waals surface area contributed by atoms with Crippen LogP contribution in [-0.4, -0.2) is 44.0 Å². The molecule has 0 radical (unpaired) electrons. The summed E-state index contributed by atoms with van der Waals surface area (Å²) in [7, 11) is -3.22. The first-order chi connectivity index (χ1) is 9.87. The Morgan fingerprint density at radius 1 is 1.29 bits per heavy atom. The van der Waals surface area contributed by atoms with E-state index in [2.05, 4.69) is 11.4 Å². The molecular formula is C14H23N3O3S. The molecule has 0 aromatic carbocycles. The zero-order valence-corrected chi connectivity index (χ0v) is 13.3. The minimum atomic E-state index is -3.22. The van der Waals surface area contributed by atoms with Crippen molar-refractivity contribution in [1.82, 2.24) is 9.62 Å². The third-order valence-corrected chi connectivity index (χ3v) is 5.81. The van der Waals surface area contributed by atoms with E-state index in [0.717, 1.165) is 32.1 Å². The normalized spacial score (nSPS) is 26.8. The van der Waals surface area contributed by atoms with E-state index in [4.69, 9.17) is 0 Å². The molecule has 1 N–H and O–H groups in total. The van der Waals surface area contributed by atoms with Crippen LogP contribution < -0.4 is 5.32 Å². The second-order valence-corrected chi connectivity index (χ2v) is 8.17.